The first-order valence-electron chi connectivity index (χ1n) is 15.4. The summed E-state index contributed by atoms with van der Waals surface area (Å²) < 4.78 is 34.5. The van der Waals surface area contributed by atoms with Gasteiger partial charge in [0.1, 0.15) is 11.9 Å². The van der Waals surface area contributed by atoms with Crippen LogP contribution in [0.4, 0.5) is 17.1 Å². The molecule has 12 heteroatoms. The molecule has 0 radical (unpaired) electrons. The molecule has 1 aliphatic heterocycles. The van der Waals surface area contributed by atoms with Gasteiger partial charge >= 0.3 is 0 Å². The average Bonchev–Trinajstić information content (AvgIpc) is 3.63. The summed E-state index contributed by atoms with van der Waals surface area (Å²) in [5.74, 6) is 0.766. The van der Waals surface area contributed by atoms with Crippen LogP contribution in [0.2, 0.25) is 0 Å². The molecule has 1 aliphatic rings. The summed E-state index contributed by atoms with van der Waals surface area (Å²) in [6.07, 6.45) is 2.94. The maximum atomic E-state index is 13.7. The number of amides is 1. The van der Waals surface area contributed by atoms with Crippen molar-refractivity contribution in [2.24, 2.45) is 17.4 Å². The van der Waals surface area contributed by atoms with Crippen molar-refractivity contribution in [3.63, 3.8) is 0 Å². The molecule has 0 saturated heterocycles. The molecule has 0 bridgehead atoms. The van der Waals surface area contributed by atoms with Crippen LogP contribution in [-0.4, -0.2) is 43.8 Å². The zero-order valence-electron chi connectivity index (χ0n) is 28.4. The lowest BCUT2D eigenvalue weighted by molar-refractivity contribution is 0.102. The highest BCUT2D eigenvalue weighted by Gasteiger charge is 2.32. The molecule has 2 N–H and O–H groups in total. The minimum absolute atomic E-state index is 0.214. The summed E-state index contributed by atoms with van der Waals surface area (Å²) in [5, 5.41) is 13.8. The quantitative estimate of drug-likeness (QED) is 0.201. The minimum Gasteiger partial charge on any atom is -0.492 e. The topological polar surface area (TPSA) is 130 Å². The first kappa shape index (κ1) is 33.6. The fourth-order valence-corrected chi connectivity index (χ4v) is 6.38. The van der Waals surface area contributed by atoms with E-state index in [0.29, 0.717) is 17.8 Å². The number of rotatable bonds is 9. The molecular weight excluding hydrogens is 614 g/mol. The van der Waals surface area contributed by atoms with E-state index in [1.165, 1.54) is 12.7 Å². The monoisotopic (exact) mass is 657 g/mol. The highest BCUT2D eigenvalue weighted by atomic mass is 32.2. The van der Waals surface area contributed by atoms with Gasteiger partial charge < -0.3 is 14.6 Å². The number of anilines is 3. The van der Waals surface area contributed by atoms with Crippen LogP contribution in [0.5, 0.6) is 5.75 Å². The number of hydrogen-bond donors (Lipinski definition) is 2. The maximum Gasteiger partial charge on any atom is 0.255 e. The van der Waals surface area contributed by atoms with Gasteiger partial charge in [-0.2, -0.15) is 5.11 Å². The Morgan fingerprint density at radius 1 is 0.979 bits per heavy atom. The van der Waals surface area contributed by atoms with Crippen molar-refractivity contribution in [3.8, 4) is 5.75 Å². The summed E-state index contributed by atoms with van der Waals surface area (Å²) >= 11 is 0. The molecule has 0 fully saturated rings. The first-order valence-corrected chi connectivity index (χ1v) is 17.3. The third-order valence-electron chi connectivity index (χ3n) is 8.52. The molecule has 47 heavy (non-hydrogen) atoms. The fraction of sp³-hybridized carbons (Fsp3) is 0.371. The molecule has 0 spiro atoms. The number of carbonyl (C=O) groups excluding carboxylic acids is 1. The second-order valence-electron chi connectivity index (χ2n) is 13.5. The number of ether oxygens (including phenoxy) is 1. The molecule has 1 aromatic heterocycles. The largest absolute Gasteiger partial charge is 0.492 e. The molecule has 5 rings (SSSR count). The Kier molecular flexibility index (Phi) is 8.93. The third-order valence-corrected chi connectivity index (χ3v) is 9.11. The van der Waals surface area contributed by atoms with Crippen molar-refractivity contribution in [2.45, 2.75) is 58.4 Å². The number of hydrogen-bond acceptors (Lipinski definition) is 8. The first-order chi connectivity index (χ1) is 22.0. The van der Waals surface area contributed by atoms with Crippen LogP contribution >= 0.6 is 0 Å². The molecule has 2 heterocycles. The second-order valence-corrected chi connectivity index (χ2v) is 15.3. The number of aryl methyl sites for hydroxylation is 1. The van der Waals surface area contributed by atoms with Gasteiger partial charge in [0.05, 0.1) is 48.9 Å². The number of nitrogens with zero attached hydrogens (tertiary/aromatic N) is 5. The Labute approximate surface area is 277 Å². The summed E-state index contributed by atoms with van der Waals surface area (Å²) in [4.78, 5) is 18.5. The molecular formula is C35H43N7O4S. The van der Waals surface area contributed by atoms with Crippen LogP contribution in [0.25, 0.3) is 0 Å². The smallest absolute Gasteiger partial charge is 0.255 e. The van der Waals surface area contributed by atoms with E-state index in [4.69, 9.17) is 9.72 Å². The van der Waals surface area contributed by atoms with Gasteiger partial charge in [-0.25, -0.2) is 18.4 Å². The molecule has 4 aromatic rings. The Balaban J connectivity index is 1.40. The van der Waals surface area contributed by atoms with Crippen LogP contribution in [0.3, 0.4) is 0 Å². The molecule has 1 amide bonds. The number of imidazole rings is 1. The van der Waals surface area contributed by atoms with Crippen molar-refractivity contribution in [1.82, 2.24) is 9.55 Å². The van der Waals surface area contributed by atoms with Crippen molar-refractivity contribution >= 4 is 33.0 Å². The molecule has 1 unspecified atom stereocenters. The zero-order valence-corrected chi connectivity index (χ0v) is 29.2. The van der Waals surface area contributed by atoms with E-state index < -0.39 is 10.0 Å². The van der Waals surface area contributed by atoms with E-state index in [0.717, 1.165) is 34.6 Å². The van der Waals surface area contributed by atoms with Gasteiger partial charge in [-0.3, -0.25) is 9.52 Å². The molecule has 3 aromatic carbocycles. The van der Waals surface area contributed by atoms with Gasteiger partial charge in [0.15, 0.2) is 5.75 Å². The summed E-state index contributed by atoms with van der Waals surface area (Å²) in [7, 11) is -0.166. The summed E-state index contributed by atoms with van der Waals surface area (Å²) in [6.45, 7) is 12.8. The Morgan fingerprint density at radius 2 is 1.66 bits per heavy atom. The van der Waals surface area contributed by atoms with Gasteiger partial charge in [0, 0.05) is 18.0 Å². The number of methoxy groups -OCH3 is 1. The van der Waals surface area contributed by atoms with Crippen molar-refractivity contribution in [2.75, 3.05) is 35.0 Å². The third kappa shape index (κ3) is 7.02. The number of sulfonamides is 1. The van der Waals surface area contributed by atoms with Crippen molar-refractivity contribution in [1.29, 1.82) is 0 Å². The molecule has 1 atom stereocenters. The lowest BCUT2D eigenvalue weighted by Crippen LogP contribution is -2.25. The zero-order chi connectivity index (χ0) is 34.3. The summed E-state index contributed by atoms with van der Waals surface area (Å²) in [5.41, 5.74) is 4.99. The lowest BCUT2D eigenvalue weighted by atomic mass is 9.84. The van der Waals surface area contributed by atoms with Crippen LogP contribution in [0, 0.1) is 6.92 Å². The van der Waals surface area contributed by atoms with Crippen LogP contribution in [-0.2, 0) is 27.9 Å². The Hall–Kier alpha value is -4.71. The van der Waals surface area contributed by atoms with Crippen molar-refractivity contribution in [3.05, 3.63) is 101 Å². The predicted octanol–water partition coefficient (Wildman–Crippen LogP) is 6.91. The highest BCUT2D eigenvalue weighted by molar-refractivity contribution is 7.92. The van der Waals surface area contributed by atoms with Gasteiger partial charge in [0.2, 0.25) is 10.0 Å². The number of carbonyl (C=O) groups is 1. The van der Waals surface area contributed by atoms with E-state index in [1.54, 1.807) is 29.3 Å². The Morgan fingerprint density at radius 3 is 2.30 bits per heavy atom. The predicted molar refractivity (Wildman–Crippen MR) is 186 cm³/mol. The van der Waals surface area contributed by atoms with E-state index >= 15 is 0 Å². The maximum absolute atomic E-state index is 13.7. The average molecular weight is 658 g/mol. The van der Waals surface area contributed by atoms with Crippen molar-refractivity contribution < 1.29 is 17.9 Å². The number of benzene rings is 3. The normalized spacial score (nSPS) is 15.2. The highest BCUT2D eigenvalue weighted by Crippen LogP contribution is 2.40. The van der Waals surface area contributed by atoms with Gasteiger partial charge in [-0.15, -0.1) is 0 Å². The SMILES string of the molecule is COc1c(NC(=O)c2ccc(C)c(N3CC(c4cnc(C(C)(C)c5ccccc5)n4C)N=N3)c2)cc(C(C)(C)C)cc1NS(C)(=O)=O. The fourth-order valence-electron chi connectivity index (χ4n) is 5.83. The van der Waals surface area contributed by atoms with E-state index in [-0.39, 0.29) is 34.2 Å². The number of nitrogens with one attached hydrogen (secondary N) is 2. The lowest BCUT2D eigenvalue weighted by Gasteiger charge is -2.25. The number of aromatic nitrogens is 2. The van der Waals surface area contributed by atoms with Gasteiger partial charge in [-0.1, -0.05) is 62.4 Å². The Bertz CT molecular complexity index is 1940. The summed E-state index contributed by atoms with van der Waals surface area (Å²) in [6, 6.07) is 19.0. The van der Waals surface area contributed by atoms with Gasteiger partial charge in [0.25, 0.3) is 5.91 Å². The van der Waals surface area contributed by atoms with Crippen LogP contribution in [0.15, 0.2) is 77.2 Å². The van der Waals surface area contributed by atoms with Crippen LogP contribution in [0.1, 0.15) is 79.2 Å². The minimum atomic E-state index is -3.61. The van der Waals surface area contributed by atoms with E-state index in [9.17, 15) is 13.2 Å². The van der Waals surface area contributed by atoms with Gasteiger partial charge in [-0.05, 0) is 67.1 Å². The molecule has 248 valence electrons. The molecule has 0 saturated carbocycles. The van der Waals surface area contributed by atoms with E-state index in [2.05, 4.69) is 50.9 Å². The van der Waals surface area contributed by atoms with Crippen LogP contribution < -0.4 is 19.8 Å². The standard InChI is InChI=1S/C35H43N7O4S/c1-22-15-16-23(32(43)37-26-18-25(34(2,3)4)19-27(31(26)46-8)39-47(9,44)45)17-29(22)42-21-28(38-40-42)30-20-36-33(41(30)7)35(5,6)24-13-11-10-12-14-24/h10-20,28,39H,21H2,1-9H3,(H,37,43). The van der Waals surface area contributed by atoms with E-state index in [1.807, 2.05) is 65.2 Å². The second kappa shape index (κ2) is 12.5. The molecule has 0 aliphatic carbocycles. The molecule has 11 nitrogen and oxygen atoms in total.